The first-order valence-electron chi connectivity index (χ1n) is 11.1. The number of rotatable bonds is 9. The van der Waals surface area contributed by atoms with E-state index in [1.54, 1.807) is 28.8 Å². The van der Waals surface area contributed by atoms with Crippen LogP contribution in [0.3, 0.4) is 0 Å². The maximum atomic E-state index is 13.4. The highest BCUT2D eigenvalue weighted by Gasteiger charge is 2.30. The van der Waals surface area contributed by atoms with Gasteiger partial charge in [-0.25, -0.2) is 0 Å². The van der Waals surface area contributed by atoms with Crippen molar-refractivity contribution < 1.29 is 9.59 Å². The van der Waals surface area contributed by atoms with Crippen molar-refractivity contribution in [3.05, 3.63) is 68.7 Å². The largest absolute Gasteiger partial charge is 0.350 e. The van der Waals surface area contributed by atoms with E-state index in [-0.39, 0.29) is 24.1 Å². The molecule has 2 rings (SSSR count). The zero-order valence-electron chi connectivity index (χ0n) is 20.3. The molecule has 0 aliphatic carbocycles. The van der Waals surface area contributed by atoms with E-state index in [2.05, 4.69) is 37.4 Å². The molecular weight excluding hydrogens is 475 g/mol. The minimum Gasteiger partial charge on any atom is -0.350 e. The molecule has 0 aliphatic rings. The summed E-state index contributed by atoms with van der Waals surface area (Å²) in [6, 6.07) is 11.0. The fraction of sp³-hybridized carbons (Fsp3) is 0.462. The van der Waals surface area contributed by atoms with Crippen molar-refractivity contribution in [1.82, 2.24) is 10.2 Å². The second-order valence-electron chi connectivity index (χ2n) is 9.41. The van der Waals surface area contributed by atoms with Gasteiger partial charge in [-0.15, -0.1) is 11.8 Å². The first-order valence-corrected chi connectivity index (χ1v) is 13.0. The third-order valence-corrected chi connectivity index (χ3v) is 6.59. The van der Waals surface area contributed by atoms with Gasteiger partial charge in [0.25, 0.3) is 0 Å². The molecule has 1 N–H and O–H groups in total. The molecule has 2 amide bonds. The van der Waals surface area contributed by atoms with Gasteiger partial charge in [-0.2, -0.15) is 0 Å². The lowest BCUT2D eigenvalue weighted by atomic mass is 10.1. The van der Waals surface area contributed by atoms with Gasteiger partial charge in [0.15, 0.2) is 0 Å². The molecule has 0 saturated heterocycles. The summed E-state index contributed by atoms with van der Waals surface area (Å²) in [6.45, 7) is 12.1. The zero-order chi connectivity index (χ0) is 24.8. The van der Waals surface area contributed by atoms with Crippen molar-refractivity contribution in [2.75, 3.05) is 5.75 Å². The summed E-state index contributed by atoms with van der Waals surface area (Å²) in [5.41, 5.74) is 3.97. The Balaban J connectivity index is 2.21. The van der Waals surface area contributed by atoms with Gasteiger partial charge < -0.3 is 10.2 Å². The molecule has 1 atom stereocenters. The highest BCUT2D eigenvalue weighted by atomic mass is 35.5. The first kappa shape index (κ1) is 27.6. The van der Waals surface area contributed by atoms with Gasteiger partial charge in [0.1, 0.15) is 6.04 Å². The summed E-state index contributed by atoms with van der Waals surface area (Å²) in [4.78, 5) is 28.1. The smallest absolute Gasteiger partial charge is 0.243 e. The average molecular weight is 510 g/mol. The maximum absolute atomic E-state index is 13.4. The molecule has 7 heteroatoms. The molecule has 0 spiro atoms. The van der Waals surface area contributed by atoms with E-state index < -0.39 is 11.6 Å². The zero-order valence-corrected chi connectivity index (χ0v) is 22.6. The minimum absolute atomic E-state index is 0.0914. The number of hydrogen-bond donors (Lipinski definition) is 1. The Bertz CT molecular complexity index is 968. The Kier molecular flexibility index (Phi) is 10.1. The number of benzene rings is 2. The van der Waals surface area contributed by atoms with E-state index in [1.165, 1.54) is 16.7 Å². The summed E-state index contributed by atoms with van der Waals surface area (Å²) in [5, 5.41) is 4.03. The molecule has 2 aromatic carbocycles. The number of halogens is 2. The molecule has 0 aromatic heterocycles. The second-order valence-corrected chi connectivity index (χ2v) is 11.2. The van der Waals surface area contributed by atoms with Crippen LogP contribution in [0.4, 0.5) is 0 Å². The van der Waals surface area contributed by atoms with Crippen molar-refractivity contribution in [3.63, 3.8) is 0 Å². The number of carbonyl (C=O) groups excluding carboxylic acids is 2. The number of carbonyl (C=O) groups is 2. The number of hydrogen-bond acceptors (Lipinski definition) is 3. The van der Waals surface area contributed by atoms with E-state index in [9.17, 15) is 9.59 Å². The molecule has 0 fully saturated rings. The van der Waals surface area contributed by atoms with Crippen molar-refractivity contribution >= 4 is 46.8 Å². The minimum atomic E-state index is -0.592. The third-order valence-electron chi connectivity index (χ3n) is 5.02. The topological polar surface area (TPSA) is 49.4 Å². The summed E-state index contributed by atoms with van der Waals surface area (Å²) in [7, 11) is 0. The van der Waals surface area contributed by atoms with Crippen LogP contribution in [0.25, 0.3) is 0 Å². The predicted octanol–water partition coefficient (Wildman–Crippen LogP) is 6.57. The number of amides is 2. The summed E-state index contributed by atoms with van der Waals surface area (Å²) >= 11 is 14.0. The summed E-state index contributed by atoms with van der Waals surface area (Å²) in [5.74, 6) is 0.751. The molecular formula is C26H34Cl2N2O2S. The molecule has 0 heterocycles. The van der Waals surface area contributed by atoms with Crippen LogP contribution in [0, 0.1) is 13.8 Å². The summed E-state index contributed by atoms with van der Waals surface area (Å²) in [6.07, 6.45) is 0.501. The molecule has 0 bridgehead atoms. The van der Waals surface area contributed by atoms with Crippen LogP contribution in [0.15, 0.2) is 36.4 Å². The molecule has 2 aromatic rings. The maximum Gasteiger partial charge on any atom is 0.243 e. The van der Waals surface area contributed by atoms with Gasteiger partial charge in [-0.05, 0) is 64.3 Å². The Morgan fingerprint density at radius 1 is 1.06 bits per heavy atom. The molecule has 0 saturated carbocycles. The molecule has 33 heavy (non-hydrogen) atoms. The Labute approximate surface area is 212 Å². The summed E-state index contributed by atoms with van der Waals surface area (Å²) < 4.78 is 0. The highest BCUT2D eigenvalue weighted by molar-refractivity contribution is 7.99. The Morgan fingerprint density at radius 3 is 2.24 bits per heavy atom. The van der Waals surface area contributed by atoms with Gasteiger partial charge in [-0.1, -0.05) is 65.5 Å². The molecule has 1 unspecified atom stereocenters. The van der Waals surface area contributed by atoms with E-state index in [1.807, 2.05) is 33.8 Å². The van der Waals surface area contributed by atoms with E-state index >= 15 is 0 Å². The number of nitrogens with one attached hydrogen (secondary N) is 1. The first-order chi connectivity index (χ1) is 15.4. The van der Waals surface area contributed by atoms with Crippen molar-refractivity contribution in [2.24, 2.45) is 0 Å². The van der Waals surface area contributed by atoms with Crippen LogP contribution in [0.2, 0.25) is 10.0 Å². The normalized spacial score (nSPS) is 12.4. The SMILES string of the molecule is CCC(C(=O)NC(C)(C)C)N(Cc1ccc(Cl)cc1Cl)C(=O)CSCc1cc(C)cc(C)c1. The Morgan fingerprint density at radius 2 is 1.70 bits per heavy atom. The van der Waals surface area contributed by atoms with Gasteiger partial charge in [0, 0.05) is 27.9 Å². The fourth-order valence-electron chi connectivity index (χ4n) is 3.70. The predicted molar refractivity (Wildman–Crippen MR) is 141 cm³/mol. The van der Waals surface area contributed by atoms with Crippen LogP contribution < -0.4 is 5.32 Å². The van der Waals surface area contributed by atoms with Gasteiger partial charge in [0.2, 0.25) is 11.8 Å². The average Bonchev–Trinajstić information content (AvgIpc) is 2.67. The molecule has 0 aliphatic heterocycles. The fourth-order valence-corrected chi connectivity index (χ4v) is 5.01. The molecule has 0 radical (unpaired) electrons. The number of nitrogens with zero attached hydrogens (tertiary/aromatic N) is 1. The highest BCUT2D eigenvalue weighted by Crippen LogP contribution is 2.25. The van der Waals surface area contributed by atoms with Crippen molar-refractivity contribution in [2.45, 2.75) is 71.8 Å². The second kappa shape index (κ2) is 12.1. The van der Waals surface area contributed by atoms with Crippen molar-refractivity contribution in [1.29, 1.82) is 0 Å². The molecule has 180 valence electrons. The third kappa shape index (κ3) is 8.88. The van der Waals surface area contributed by atoms with Gasteiger partial charge >= 0.3 is 0 Å². The van der Waals surface area contributed by atoms with Crippen LogP contribution in [-0.4, -0.2) is 34.0 Å². The number of thioether (sulfide) groups is 1. The standard InChI is InChI=1S/C26H34Cl2N2O2S/c1-7-23(25(32)29-26(4,5)6)30(14-20-8-9-21(27)13-22(20)28)24(31)16-33-15-19-11-17(2)10-18(3)12-19/h8-13,23H,7,14-16H2,1-6H3,(H,29,32). The monoisotopic (exact) mass is 508 g/mol. The van der Waals surface area contributed by atoms with Crippen LogP contribution >= 0.6 is 35.0 Å². The number of aryl methyl sites for hydroxylation is 2. The van der Waals surface area contributed by atoms with E-state index in [0.717, 1.165) is 11.3 Å². The molecule has 4 nitrogen and oxygen atoms in total. The lowest BCUT2D eigenvalue weighted by molar-refractivity contribution is -0.140. The van der Waals surface area contributed by atoms with E-state index in [0.29, 0.717) is 16.5 Å². The van der Waals surface area contributed by atoms with Gasteiger partial charge in [-0.3, -0.25) is 9.59 Å². The quantitative estimate of drug-likeness (QED) is 0.416. The van der Waals surface area contributed by atoms with Crippen LogP contribution in [0.5, 0.6) is 0 Å². The van der Waals surface area contributed by atoms with Gasteiger partial charge in [0.05, 0.1) is 5.75 Å². The lowest BCUT2D eigenvalue weighted by Crippen LogP contribution is -2.53. The van der Waals surface area contributed by atoms with E-state index in [4.69, 9.17) is 23.2 Å². The Hall–Kier alpha value is -1.69. The lowest BCUT2D eigenvalue weighted by Gasteiger charge is -2.33. The van der Waals surface area contributed by atoms with Crippen LogP contribution in [0.1, 0.15) is 56.4 Å². The van der Waals surface area contributed by atoms with Crippen molar-refractivity contribution in [3.8, 4) is 0 Å². The van der Waals surface area contributed by atoms with Crippen LogP contribution in [-0.2, 0) is 21.9 Å².